The van der Waals surface area contributed by atoms with Crippen LogP contribution >= 0.6 is 11.3 Å². The molecule has 0 saturated heterocycles. The van der Waals surface area contributed by atoms with E-state index in [9.17, 15) is 18.0 Å². The summed E-state index contributed by atoms with van der Waals surface area (Å²) in [5.41, 5.74) is 2.43. The van der Waals surface area contributed by atoms with Crippen LogP contribution < -0.4 is 10.0 Å². The van der Waals surface area contributed by atoms with Gasteiger partial charge < -0.3 is 10.1 Å². The molecule has 7 nitrogen and oxygen atoms in total. The summed E-state index contributed by atoms with van der Waals surface area (Å²) in [7, 11) is -3.82. The molecule has 0 spiro atoms. The lowest BCUT2D eigenvalue weighted by Gasteiger charge is -2.26. The maximum atomic E-state index is 12.6. The molecule has 1 unspecified atom stereocenters. The van der Waals surface area contributed by atoms with Gasteiger partial charge in [0.15, 0.2) is 6.61 Å². The maximum Gasteiger partial charge on any atom is 0.340 e. The summed E-state index contributed by atoms with van der Waals surface area (Å²) in [6.45, 7) is -0.455. The molecule has 2 aromatic carbocycles. The zero-order valence-corrected chi connectivity index (χ0v) is 18.7. The number of sulfonamides is 1. The van der Waals surface area contributed by atoms with Gasteiger partial charge in [0.05, 0.1) is 17.3 Å². The molecule has 1 aliphatic carbocycles. The van der Waals surface area contributed by atoms with E-state index in [4.69, 9.17) is 4.74 Å². The van der Waals surface area contributed by atoms with E-state index in [0.717, 1.165) is 36.2 Å². The monoisotopic (exact) mass is 470 g/mol. The number of hydrogen-bond donors (Lipinski definition) is 2. The second-order valence-electron chi connectivity index (χ2n) is 7.37. The Balaban J connectivity index is 1.39. The number of nitrogens with one attached hydrogen (secondary N) is 2. The van der Waals surface area contributed by atoms with Crippen molar-refractivity contribution in [1.82, 2.24) is 5.32 Å². The summed E-state index contributed by atoms with van der Waals surface area (Å²) in [6.07, 6.45) is 2.78. The molecule has 1 aromatic heterocycles. The van der Waals surface area contributed by atoms with Crippen molar-refractivity contribution in [2.75, 3.05) is 11.3 Å². The third-order valence-corrected chi connectivity index (χ3v) is 7.95. The molecule has 0 bridgehead atoms. The van der Waals surface area contributed by atoms with Gasteiger partial charge in [0.2, 0.25) is 0 Å². The van der Waals surface area contributed by atoms with Crippen LogP contribution in [0.5, 0.6) is 0 Å². The normalized spacial score (nSPS) is 15.4. The molecule has 0 aliphatic heterocycles. The summed E-state index contributed by atoms with van der Waals surface area (Å²) in [4.78, 5) is 25.0. The van der Waals surface area contributed by atoms with E-state index in [1.54, 1.807) is 23.6 Å². The predicted octanol–water partition coefficient (Wildman–Crippen LogP) is 3.90. The van der Waals surface area contributed by atoms with Crippen LogP contribution in [0.25, 0.3) is 0 Å². The molecule has 32 heavy (non-hydrogen) atoms. The Labute approximate surface area is 190 Å². The Kier molecular flexibility index (Phi) is 6.57. The number of para-hydroxylation sites is 1. The molecule has 4 rings (SSSR count). The van der Waals surface area contributed by atoms with Crippen LogP contribution in [0.4, 0.5) is 5.69 Å². The Morgan fingerprint density at radius 3 is 2.62 bits per heavy atom. The fraction of sp³-hybridized carbons (Fsp3) is 0.217. The number of amides is 1. The van der Waals surface area contributed by atoms with Crippen molar-refractivity contribution < 1.29 is 22.7 Å². The molecular weight excluding hydrogens is 448 g/mol. The largest absolute Gasteiger partial charge is 0.452 e. The first-order chi connectivity index (χ1) is 15.4. The fourth-order valence-electron chi connectivity index (χ4n) is 3.71. The molecule has 3 aromatic rings. The summed E-state index contributed by atoms with van der Waals surface area (Å²) in [6, 6.07) is 17.1. The van der Waals surface area contributed by atoms with Gasteiger partial charge in [-0.05, 0) is 54.0 Å². The summed E-state index contributed by atoms with van der Waals surface area (Å²) in [5, 5.41) is 4.58. The van der Waals surface area contributed by atoms with Gasteiger partial charge in [0.1, 0.15) is 4.21 Å². The first-order valence-electron chi connectivity index (χ1n) is 10.1. The van der Waals surface area contributed by atoms with Crippen molar-refractivity contribution >= 4 is 38.9 Å². The van der Waals surface area contributed by atoms with E-state index < -0.39 is 28.5 Å². The van der Waals surface area contributed by atoms with E-state index in [0.29, 0.717) is 0 Å². The molecule has 1 atom stereocenters. The first-order valence-corrected chi connectivity index (χ1v) is 12.5. The molecule has 1 aliphatic rings. The highest BCUT2D eigenvalue weighted by Gasteiger charge is 2.23. The Bertz CT molecular complexity index is 1220. The average molecular weight is 471 g/mol. The van der Waals surface area contributed by atoms with Crippen molar-refractivity contribution in [2.24, 2.45) is 0 Å². The lowest BCUT2D eigenvalue weighted by atomic mass is 9.88. The average Bonchev–Trinajstić information content (AvgIpc) is 3.34. The van der Waals surface area contributed by atoms with Crippen LogP contribution in [0.3, 0.4) is 0 Å². The van der Waals surface area contributed by atoms with E-state index in [1.807, 2.05) is 18.2 Å². The quantitative estimate of drug-likeness (QED) is 0.510. The Morgan fingerprint density at radius 2 is 1.81 bits per heavy atom. The number of fused-ring (bicyclic) bond motifs is 1. The van der Waals surface area contributed by atoms with Gasteiger partial charge in [-0.15, -0.1) is 11.3 Å². The fourth-order valence-corrected chi connectivity index (χ4v) is 5.78. The molecule has 166 valence electrons. The van der Waals surface area contributed by atoms with Crippen LogP contribution in [-0.2, 0) is 26.0 Å². The third kappa shape index (κ3) is 5.00. The highest BCUT2D eigenvalue weighted by Crippen LogP contribution is 2.29. The van der Waals surface area contributed by atoms with Crippen LogP contribution in [0.15, 0.2) is 70.3 Å². The van der Waals surface area contributed by atoms with Crippen molar-refractivity contribution in [1.29, 1.82) is 0 Å². The van der Waals surface area contributed by atoms with Gasteiger partial charge in [-0.25, -0.2) is 13.2 Å². The minimum atomic E-state index is -3.82. The second-order valence-corrected chi connectivity index (χ2v) is 10.2. The zero-order chi connectivity index (χ0) is 22.6. The second kappa shape index (κ2) is 9.54. The third-order valence-electron chi connectivity index (χ3n) is 5.19. The molecule has 0 saturated carbocycles. The number of carbonyl (C=O) groups excluding carboxylic acids is 2. The number of ether oxygens (including phenoxy) is 1. The zero-order valence-electron chi connectivity index (χ0n) is 17.1. The number of esters is 1. The maximum absolute atomic E-state index is 12.6. The highest BCUT2D eigenvalue weighted by molar-refractivity contribution is 7.94. The van der Waals surface area contributed by atoms with E-state index in [1.165, 1.54) is 23.8 Å². The van der Waals surface area contributed by atoms with Crippen molar-refractivity contribution in [3.8, 4) is 0 Å². The smallest absolute Gasteiger partial charge is 0.340 e. The number of thiophene rings is 1. The van der Waals surface area contributed by atoms with E-state index >= 15 is 0 Å². The first kappa shape index (κ1) is 22.0. The molecule has 1 heterocycles. The molecule has 1 amide bonds. The van der Waals surface area contributed by atoms with E-state index in [2.05, 4.69) is 16.1 Å². The number of benzene rings is 2. The summed E-state index contributed by atoms with van der Waals surface area (Å²) >= 11 is 1.07. The number of rotatable bonds is 7. The highest BCUT2D eigenvalue weighted by atomic mass is 32.2. The van der Waals surface area contributed by atoms with Gasteiger partial charge in [-0.2, -0.15) is 0 Å². The van der Waals surface area contributed by atoms with Crippen molar-refractivity contribution in [2.45, 2.75) is 29.5 Å². The summed E-state index contributed by atoms with van der Waals surface area (Å²) < 4.78 is 32.7. The van der Waals surface area contributed by atoms with Crippen molar-refractivity contribution in [3.63, 3.8) is 0 Å². The predicted molar refractivity (Wildman–Crippen MR) is 122 cm³/mol. The lowest BCUT2D eigenvalue weighted by Crippen LogP contribution is -2.34. The van der Waals surface area contributed by atoms with Crippen LogP contribution in [0.1, 0.15) is 40.4 Å². The van der Waals surface area contributed by atoms with Gasteiger partial charge in [0.25, 0.3) is 15.9 Å². The Morgan fingerprint density at radius 1 is 1.03 bits per heavy atom. The van der Waals surface area contributed by atoms with Crippen LogP contribution in [0.2, 0.25) is 0 Å². The number of hydrogen-bond acceptors (Lipinski definition) is 6. The topological polar surface area (TPSA) is 102 Å². The van der Waals surface area contributed by atoms with Crippen LogP contribution in [0, 0.1) is 0 Å². The molecular formula is C23H22N2O5S2. The lowest BCUT2D eigenvalue weighted by molar-refractivity contribution is -0.125. The minimum absolute atomic E-state index is 0.0310. The number of aryl methyl sites for hydroxylation is 1. The standard InChI is InChI=1S/C23H22N2O5S2/c26-21(24-19-12-5-8-16-7-1-2-9-17(16)19)15-30-23(27)18-10-3-4-11-20(18)25-32(28,29)22-13-6-14-31-22/h1-4,6-7,9-11,13-14,19,25H,5,8,12,15H2,(H,24,26). The summed E-state index contributed by atoms with van der Waals surface area (Å²) in [5.74, 6) is -1.19. The van der Waals surface area contributed by atoms with Gasteiger partial charge in [-0.3, -0.25) is 9.52 Å². The van der Waals surface area contributed by atoms with Gasteiger partial charge in [-0.1, -0.05) is 42.5 Å². The van der Waals surface area contributed by atoms with Crippen molar-refractivity contribution in [3.05, 3.63) is 82.7 Å². The molecule has 0 radical (unpaired) electrons. The molecule has 0 fully saturated rings. The number of carbonyl (C=O) groups is 2. The van der Waals surface area contributed by atoms with Crippen LogP contribution in [-0.4, -0.2) is 26.9 Å². The van der Waals surface area contributed by atoms with Gasteiger partial charge in [0, 0.05) is 0 Å². The Hall–Kier alpha value is -3.17. The van der Waals surface area contributed by atoms with E-state index in [-0.39, 0.29) is 21.5 Å². The molecule has 2 N–H and O–H groups in total. The number of anilines is 1. The SMILES string of the molecule is O=C(COC(=O)c1ccccc1NS(=O)(=O)c1cccs1)NC1CCCc2ccccc21. The minimum Gasteiger partial charge on any atom is -0.452 e. The van der Waals surface area contributed by atoms with Gasteiger partial charge >= 0.3 is 5.97 Å². The molecule has 9 heteroatoms.